The maximum atomic E-state index is 13.5. The molecule has 4 aromatic carbocycles. The number of hydrogen-bond acceptors (Lipinski definition) is 7. The number of non-ortho nitro benzene ring substituents is 1. The Hall–Kier alpha value is -5.09. The third-order valence-electron chi connectivity index (χ3n) is 6.19. The molecule has 0 saturated carbocycles. The maximum Gasteiger partial charge on any atom is 0.282 e. The van der Waals surface area contributed by atoms with Crippen LogP contribution in [0.2, 0.25) is 0 Å². The molecule has 0 aliphatic heterocycles. The maximum absolute atomic E-state index is 13.5. The van der Waals surface area contributed by atoms with Gasteiger partial charge in [0.1, 0.15) is 17.9 Å². The molecule has 0 unspecified atom stereocenters. The normalized spacial score (nSPS) is 11.4. The summed E-state index contributed by atoms with van der Waals surface area (Å²) in [5.41, 5.74) is 2.28. The number of rotatable bonds is 7. The molecule has 6 rings (SSSR count). The van der Waals surface area contributed by atoms with E-state index in [1.165, 1.54) is 16.8 Å². The lowest BCUT2D eigenvalue weighted by molar-refractivity contribution is -0.384. The van der Waals surface area contributed by atoms with Gasteiger partial charge < -0.3 is 9.15 Å². The second-order valence-electron chi connectivity index (χ2n) is 8.87. The van der Waals surface area contributed by atoms with Crippen molar-refractivity contribution in [1.82, 2.24) is 9.66 Å². The molecule has 40 heavy (non-hydrogen) atoms. The van der Waals surface area contributed by atoms with Crippen LogP contribution >= 0.6 is 15.9 Å². The number of para-hydroxylation sites is 2. The molecule has 0 N–H and O–H groups in total. The van der Waals surface area contributed by atoms with Crippen molar-refractivity contribution < 1.29 is 14.1 Å². The minimum absolute atomic E-state index is 0.00663. The molecule has 2 aromatic heterocycles. The highest BCUT2D eigenvalue weighted by atomic mass is 79.9. The molecule has 0 aliphatic carbocycles. The monoisotopic (exact) mass is 594 g/mol. The van der Waals surface area contributed by atoms with E-state index in [9.17, 15) is 14.9 Å². The highest BCUT2D eigenvalue weighted by Gasteiger charge is 2.16. The van der Waals surface area contributed by atoms with Crippen molar-refractivity contribution in [2.75, 3.05) is 0 Å². The van der Waals surface area contributed by atoms with Gasteiger partial charge in [-0.3, -0.25) is 14.9 Å². The predicted molar refractivity (Wildman–Crippen MR) is 156 cm³/mol. The van der Waals surface area contributed by atoms with Gasteiger partial charge in [0.15, 0.2) is 5.76 Å². The Labute approximate surface area is 235 Å². The first kappa shape index (κ1) is 25.2. The van der Waals surface area contributed by atoms with Crippen molar-refractivity contribution in [2.24, 2.45) is 5.10 Å². The average Bonchev–Trinajstić information content (AvgIpc) is 3.40. The lowest BCUT2D eigenvalue weighted by atomic mass is 10.2. The van der Waals surface area contributed by atoms with Crippen LogP contribution in [0.15, 0.2) is 116 Å². The van der Waals surface area contributed by atoms with Gasteiger partial charge in [0.2, 0.25) is 5.82 Å². The fourth-order valence-electron chi connectivity index (χ4n) is 4.24. The van der Waals surface area contributed by atoms with Crippen molar-refractivity contribution in [1.29, 1.82) is 0 Å². The van der Waals surface area contributed by atoms with E-state index in [1.54, 1.807) is 54.7 Å². The second kappa shape index (κ2) is 10.6. The van der Waals surface area contributed by atoms with Crippen molar-refractivity contribution in [3.05, 3.63) is 133 Å². The summed E-state index contributed by atoms with van der Waals surface area (Å²) in [7, 11) is 0. The third-order valence-corrected chi connectivity index (χ3v) is 6.81. The molecule has 0 radical (unpaired) electrons. The van der Waals surface area contributed by atoms with Crippen LogP contribution in [0.1, 0.15) is 11.1 Å². The molecule has 6 aromatic rings. The Morgan fingerprint density at radius 2 is 1.82 bits per heavy atom. The SMILES string of the molecule is O=c1c2ccccc2nc(-c2cc3ccccc3o2)n1N=Cc1ccc(OCc2cccc([N+](=O)[O-])c2)c(Br)c1. The summed E-state index contributed by atoms with van der Waals surface area (Å²) in [6, 6.07) is 28.1. The van der Waals surface area contributed by atoms with Gasteiger partial charge in [-0.15, -0.1) is 0 Å². The Balaban J connectivity index is 1.32. The van der Waals surface area contributed by atoms with Crippen LogP contribution in [0, 0.1) is 10.1 Å². The van der Waals surface area contributed by atoms with Crippen molar-refractivity contribution in [3.8, 4) is 17.3 Å². The number of halogens is 1. The Morgan fingerprint density at radius 1 is 1.00 bits per heavy atom. The molecule has 9 nitrogen and oxygen atoms in total. The van der Waals surface area contributed by atoms with Gasteiger partial charge in [0.25, 0.3) is 11.2 Å². The average molecular weight is 595 g/mol. The van der Waals surface area contributed by atoms with E-state index in [-0.39, 0.29) is 23.7 Å². The van der Waals surface area contributed by atoms with E-state index in [0.29, 0.717) is 43.6 Å². The molecule has 0 aliphatic rings. The fourth-order valence-corrected chi connectivity index (χ4v) is 4.75. The molecule has 0 amide bonds. The Morgan fingerprint density at radius 3 is 2.65 bits per heavy atom. The lowest BCUT2D eigenvalue weighted by Gasteiger charge is -2.09. The van der Waals surface area contributed by atoms with Crippen LogP contribution in [-0.2, 0) is 6.61 Å². The number of benzene rings is 4. The molecule has 0 atom stereocenters. The van der Waals surface area contributed by atoms with E-state index in [2.05, 4.69) is 21.0 Å². The van der Waals surface area contributed by atoms with Crippen LogP contribution in [0.5, 0.6) is 5.75 Å². The highest BCUT2D eigenvalue weighted by molar-refractivity contribution is 9.10. The number of aromatic nitrogens is 2. The molecule has 2 heterocycles. The largest absolute Gasteiger partial charge is 0.488 e. The van der Waals surface area contributed by atoms with E-state index in [0.717, 1.165) is 5.39 Å². The summed E-state index contributed by atoms with van der Waals surface area (Å²) in [6.45, 7) is 0.159. The number of nitrogens with zero attached hydrogens (tertiary/aromatic N) is 4. The van der Waals surface area contributed by atoms with Gasteiger partial charge in [0.05, 0.1) is 26.5 Å². The molecule has 196 valence electrons. The zero-order valence-electron chi connectivity index (χ0n) is 20.7. The lowest BCUT2D eigenvalue weighted by Crippen LogP contribution is -2.20. The summed E-state index contributed by atoms with van der Waals surface area (Å²) in [6.07, 6.45) is 1.55. The topological polar surface area (TPSA) is 113 Å². The minimum Gasteiger partial charge on any atom is -0.488 e. The van der Waals surface area contributed by atoms with Crippen LogP contribution in [0.4, 0.5) is 5.69 Å². The summed E-state index contributed by atoms with van der Waals surface area (Å²) in [5, 5.41) is 16.8. The first-order valence-corrected chi connectivity index (χ1v) is 13.0. The van der Waals surface area contributed by atoms with Crippen LogP contribution in [-0.4, -0.2) is 20.8 Å². The summed E-state index contributed by atoms with van der Waals surface area (Å²) in [5.74, 6) is 1.26. The van der Waals surface area contributed by atoms with Gasteiger partial charge in [-0.1, -0.05) is 42.5 Å². The van der Waals surface area contributed by atoms with Crippen molar-refractivity contribution in [3.63, 3.8) is 0 Å². The molecule has 0 bridgehead atoms. The van der Waals surface area contributed by atoms with Crippen molar-refractivity contribution >= 4 is 49.7 Å². The van der Waals surface area contributed by atoms with E-state index in [1.807, 2.05) is 36.4 Å². The molecular weight excluding hydrogens is 576 g/mol. The number of hydrogen-bond donors (Lipinski definition) is 0. The van der Waals surface area contributed by atoms with Crippen LogP contribution < -0.4 is 10.3 Å². The third kappa shape index (κ3) is 4.99. The van der Waals surface area contributed by atoms with Crippen molar-refractivity contribution in [2.45, 2.75) is 6.61 Å². The number of nitro benzene ring substituents is 1. The summed E-state index contributed by atoms with van der Waals surface area (Å²) < 4.78 is 13.8. The minimum atomic E-state index is -0.441. The van der Waals surface area contributed by atoms with E-state index < -0.39 is 4.92 Å². The molecule has 10 heteroatoms. The zero-order valence-corrected chi connectivity index (χ0v) is 22.3. The fraction of sp³-hybridized carbons (Fsp3) is 0.0333. The quantitative estimate of drug-likeness (QED) is 0.112. The van der Waals surface area contributed by atoms with E-state index in [4.69, 9.17) is 14.1 Å². The van der Waals surface area contributed by atoms with Gasteiger partial charge in [0, 0.05) is 17.5 Å². The smallest absolute Gasteiger partial charge is 0.282 e. The molecule has 0 saturated heterocycles. The second-order valence-corrected chi connectivity index (χ2v) is 9.72. The van der Waals surface area contributed by atoms with Gasteiger partial charge in [-0.05, 0) is 69.5 Å². The number of furan rings is 1. The van der Waals surface area contributed by atoms with Crippen LogP contribution in [0.25, 0.3) is 33.5 Å². The Kier molecular flexibility index (Phi) is 6.67. The molecular formula is C30H19BrN4O5. The summed E-state index contributed by atoms with van der Waals surface area (Å²) >= 11 is 3.51. The highest BCUT2D eigenvalue weighted by Crippen LogP contribution is 2.28. The number of ether oxygens (including phenoxy) is 1. The first-order valence-electron chi connectivity index (χ1n) is 12.2. The standard InChI is InChI=1S/C30H19BrN4O5/c31-24-15-19(12-13-27(24)39-18-20-6-5-8-22(14-20)35(37)38)17-32-34-29(28-16-21-7-1-4-11-26(21)40-28)33-25-10-3-2-9-23(25)30(34)36/h1-17H,18H2. The predicted octanol–water partition coefficient (Wildman–Crippen LogP) is 6.94. The van der Waals surface area contributed by atoms with Crippen LogP contribution in [0.3, 0.4) is 0 Å². The van der Waals surface area contributed by atoms with Gasteiger partial charge >= 0.3 is 0 Å². The zero-order chi connectivity index (χ0) is 27.6. The van der Waals surface area contributed by atoms with E-state index >= 15 is 0 Å². The molecule has 0 spiro atoms. The number of fused-ring (bicyclic) bond motifs is 2. The van der Waals surface area contributed by atoms with Gasteiger partial charge in [-0.25, -0.2) is 4.98 Å². The first-order chi connectivity index (χ1) is 19.5. The van der Waals surface area contributed by atoms with Gasteiger partial charge in [-0.2, -0.15) is 9.78 Å². The number of nitro groups is 1. The summed E-state index contributed by atoms with van der Waals surface area (Å²) in [4.78, 5) is 28.7. The Bertz CT molecular complexity index is 1960. The molecule has 0 fully saturated rings.